The summed E-state index contributed by atoms with van der Waals surface area (Å²) in [6, 6.07) is 0. The highest BCUT2D eigenvalue weighted by atomic mass is 16.8. The Bertz CT molecular complexity index is 479. The Labute approximate surface area is 159 Å². The first-order chi connectivity index (χ1) is 13.1. The van der Waals surface area contributed by atoms with Crippen molar-refractivity contribution in [1.29, 1.82) is 0 Å². The van der Waals surface area contributed by atoms with Crippen LogP contribution in [0.1, 0.15) is 0 Å². The van der Waals surface area contributed by atoms with Crippen molar-refractivity contribution in [3.8, 4) is 0 Å². The molecule has 0 unspecified atom stereocenters. The second kappa shape index (κ2) is 8.95. The lowest BCUT2D eigenvalue weighted by molar-refractivity contribution is -0.383. The minimum atomic E-state index is -1.17. The minimum Gasteiger partial charge on any atom is -0.379 e. The summed E-state index contributed by atoms with van der Waals surface area (Å²) < 4.78 is 57.8. The van der Waals surface area contributed by atoms with Crippen LogP contribution in [0.15, 0.2) is 0 Å². The molecule has 0 aliphatic carbocycles. The molecule has 158 valence electrons. The van der Waals surface area contributed by atoms with Crippen LogP contribution in [0.25, 0.3) is 0 Å². The Balaban J connectivity index is 1.92. The lowest BCUT2D eigenvalue weighted by Gasteiger charge is -2.47. The second-order valence-electron chi connectivity index (χ2n) is 6.68. The molecule has 3 saturated heterocycles. The topological polar surface area (TPSA) is 92.3 Å². The van der Waals surface area contributed by atoms with Gasteiger partial charge in [-0.3, -0.25) is 0 Å². The molecular weight excluding hydrogens is 364 g/mol. The molecule has 2 bridgehead atoms. The summed E-state index contributed by atoms with van der Waals surface area (Å²) in [5, 5.41) is 0. The fourth-order valence-electron chi connectivity index (χ4n) is 4.11. The maximum absolute atomic E-state index is 6.27. The molecule has 3 heterocycles. The van der Waals surface area contributed by atoms with E-state index in [1.165, 1.54) is 0 Å². The molecule has 10 nitrogen and oxygen atoms in total. The number of fused-ring (bicyclic) bond motifs is 3. The van der Waals surface area contributed by atoms with Gasteiger partial charge in [-0.15, -0.1) is 0 Å². The van der Waals surface area contributed by atoms with Gasteiger partial charge in [-0.2, -0.15) is 0 Å². The number of methoxy groups -OCH3 is 6. The van der Waals surface area contributed by atoms with E-state index in [0.29, 0.717) is 0 Å². The molecule has 0 aromatic rings. The van der Waals surface area contributed by atoms with E-state index in [0.717, 1.165) is 0 Å². The fraction of sp³-hybridized carbons (Fsp3) is 1.00. The highest BCUT2D eigenvalue weighted by Crippen LogP contribution is 2.41. The molecule has 0 radical (unpaired) electrons. The van der Waals surface area contributed by atoms with Gasteiger partial charge in [0, 0.05) is 42.7 Å². The zero-order valence-corrected chi connectivity index (χ0v) is 16.6. The summed E-state index contributed by atoms with van der Waals surface area (Å²) in [6.07, 6.45) is -4.40. The van der Waals surface area contributed by atoms with Crippen molar-refractivity contribution in [2.75, 3.05) is 55.9 Å². The minimum absolute atomic E-state index is 0.144. The molecule has 0 spiro atoms. The van der Waals surface area contributed by atoms with Crippen LogP contribution in [0.5, 0.6) is 0 Å². The highest BCUT2D eigenvalue weighted by molar-refractivity contribution is 5.01. The fourth-order valence-corrected chi connectivity index (χ4v) is 4.11. The molecule has 0 N–H and O–H groups in total. The van der Waals surface area contributed by atoms with Crippen molar-refractivity contribution in [2.45, 2.75) is 55.0 Å². The predicted molar refractivity (Wildman–Crippen MR) is 89.2 cm³/mol. The molecule has 3 aliphatic heterocycles. The largest absolute Gasteiger partial charge is 0.379 e. The number of ether oxygens (including phenoxy) is 10. The average molecular weight is 394 g/mol. The van der Waals surface area contributed by atoms with E-state index in [4.69, 9.17) is 47.4 Å². The maximum atomic E-state index is 6.27. The third-order valence-corrected chi connectivity index (χ3v) is 5.34. The van der Waals surface area contributed by atoms with Gasteiger partial charge in [0.25, 0.3) is 0 Å². The van der Waals surface area contributed by atoms with Crippen molar-refractivity contribution in [3.05, 3.63) is 0 Å². The van der Waals surface area contributed by atoms with E-state index >= 15 is 0 Å². The van der Waals surface area contributed by atoms with Gasteiger partial charge in [0.1, 0.15) is 43.2 Å². The van der Waals surface area contributed by atoms with Crippen LogP contribution in [0, 0.1) is 0 Å². The Hall–Kier alpha value is -0.400. The Morgan fingerprint density at radius 3 is 2.07 bits per heavy atom. The Morgan fingerprint density at radius 2 is 1.52 bits per heavy atom. The molecular formula is C17H30O10. The first kappa shape index (κ1) is 21.3. The van der Waals surface area contributed by atoms with Crippen LogP contribution in [0.3, 0.4) is 0 Å². The third-order valence-electron chi connectivity index (χ3n) is 5.34. The van der Waals surface area contributed by atoms with E-state index in [1.807, 2.05) is 0 Å². The van der Waals surface area contributed by atoms with E-state index in [1.54, 1.807) is 42.7 Å². The SMILES string of the molecule is COC[C@@]12OC[C@H]3O[C@H](OC)[C@H](OC)[C@@H](OC)[C@@H]3O[C@@H](O1)[C@@H](OC)[C@@H]2OC. The summed E-state index contributed by atoms with van der Waals surface area (Å²) in [7, 11) is 9.41. The Morgan fingerprint density at radius 1 is 0.815 bits per heavy atom. The van der Waals surface area contributed by atoms with Crippen LogP contribution in [0.2, 0.25) is 0 Å². The van der Waals surface area contributed by atoms with Crippen LogP contribution in [-0.4, -0.2) is 111 Å². The molecule has 10 heteroatoms. The molecule has 3 rings (SSSR count). The summed E-state index contributed by atoms with van der Waals surface area (Å²) in [5.41, 5.74) is 0. The zero-order valence-electron chi connectivity index (χ0n) is 16.6. The van der Waals surface area contributed by atoms with E-state index in [-0.39, 0.29) is 13.2 Å². The zero-order chi connectivity index (χ0) is 19.6. The predicted octanol–water partition coefficient (Wildman–Crippen LogP) is -0.468. The van der Waals surface area contributed by atoms with Gasteiger partial charge in [-0.1, -0.05) is 0 Å². The average Bonchev–Trinajstić information content (AvgIpc) is 2.99. The van der Waals surface area contributed by atoms with Crippen molar-refractivity contribution >= 4 is 0 Å². The van der Waals surface area contributed by atoms with Crippen LogP contribution < -0.4 is 0 Å². The molecule has 3 fully saturated rings. The van der Waals surface area contributed by atoms with E-state index in [2.05, 4.69) is 0 Å². The van der Waals surface area contributed by atoms with E-state index in [9.17, 15) is 0 Å². The van der Waals surface area contributed by atoms with Gasteiger partial charge >= 0.3 is 0 Å². The monoisotopic (exact) mass is 394 g/mol. The first-order valence-corrected chi connectivity index (χ1v) is 8.84. The maximum Gasteiger partial charge on any atom is 0.224 e. The molecule has 0 aromatic carbocycles. The van der Waals surface area contributed by atoms with Gasteiger partial charge in [-0.05, 0) is 0 Å². The van der Waals surface area contributed by atoms with Gasteiger partial charge in [0.05, 0.1) is 6.61 Å². The summed E-state index contributed by atoms with van der Waals surface area (Å²) in [5.74, 6) is -1.17. The van der Waals surface area contributed by atoms with Crippen molar-refractivity contribution in [2.24, 2.45) is 0 Å². The lowest BCUT2D eigenvalue weighted by Crippen LogP contribution is -2.63. The molecule has 3 aliphatic rings. The highest BCUT2D eigenvalue weighted by Gasteiger charge is 2.62. The van der Waals surface area contributed by atoms with Crippen molar-refractivity contribution < 1.29 is 47.4 Å². The standard InChI is InChI=1S/C17H30O10/c1-18-8-17-14(22-5)13(21-4)16(27-17)26-10-9(7-24-17)25-15(23-6)12(20-3)11(10)19-2/h9-16H,7-8H2,1-6H3/t9-,10-,11+,12-,13+,14+,15+,16+,17-/m1/s1. The first-order valence-electron chi connectivity index (χ1n) is 8.84. The molecule has 0 amide bonds. The number of rotatable bonds is 7. The molecule has 0 saturated carbocycles. The van der Waals surface area contributed by atoms with Gasteiger partial charge in [-0.25, -0.2) is 0 Å². The van der Waals surface area contributed by atoms with Crippen LogP contribution >= 0.6 is 0 Å². The van der Waals surface area contributed by atoms with E-state index < -0.39 is 55.0 Å². The lowest BCUT2D eigenvalue weighted by atomic mass is 9.98. The normalized spacial score (nSPS) is 47.3. The quantitative estimate of drug-likeness (QED) is 0.564. The summed E-state index contributed by atoms with van der Waals surface area (Å²) >= 11 is 0. The number of hydrogen-bond acceptors (Lipinski definition) is 10. The molecule has 9 atom stereocenters. The smallest absolute Gasteiger partial charge is 0.224 e. The molecule has 27 heavy (non-hydrogen) atoms. The van der Waals surface area contributed by atoms with Crippen molar-refractivity contribution in [1.82, 2.24) is 0 Å². The Kier molecular flexibility index (Phi) is 7.07. The van der Waals surface area contributed by atoms with Crippen LogP contribution in [-0.2, 0) is 47.4 Å². The second-order valence-corrected chi connectivity index (χ2v) is 6.68. The van der Waals surface area contributed by atoms with Crippen molar-refractivity contribution in [3.63, 3.8) is 0 Å². The van der Waals surface area contributed by atoms with Gasteiger partial charge in [0.15, 0.2) is 12.6 Å². The summed E-state index contributed by atoms with van der Waals surface area (Å²) in [6.45, 7) is 0.303. The van der Waals surface area contributed by atoms with Gasteiger partial charge in [0.2, 0.25) is 5.79 Å². The number of hydrogen-bond donors (Lipinski definition) is 0. The summed E-state index contributed by atoms with van der Waals surface area (Å²) in [4.78, 5) is 0. The third kappa shape index (κ3) is 3.64. The van der Waals surface area contributed by atoms with Crippen LogP contribution in [0.4, 0.5) is 0 Å². The molecule has 0 aromatic heterocycles. The van der Waals surface area contributed by atoms with Gasteiger partial charge < -0.3 is 47.4 Å².